The molecule has 0 radical (unpaired) electrons. The highest BCUT2D eigenvalue weighted by atomic mass is 79.9. The van der Waals surface area contributed by atoms with Gasteiger partial charge in [-0.15, -0.1) is 0 Å². The highest BCUT2D eigenvalue weighted by Gasteiger charge is 2.27. The second-order valence-electron chi connectivity index (χ2n) is 5.77. The smallest absolute Gasteiger partial charge is 0.254 e. The van der Waals surface area contributed by atoms with E-state index in [0.717, 1.165) is 0 Å². The first-order chi connectivity index (χ1) is 12.4. The van der Waals surface area contributed by atoms with Crippen LogP contribution in [0.15, 0.2) is 46.9 Å². The average molecular weight is 420 g/mol. The van der Waals surface area contributed by atoms with E-state index in [2.05, 4.69) is 31.9 Å². The van der Waals surface area contributed by atoms with Gasteiger partial charge in [0, 0.05) is 10.9 Å². The third-order valence-electron chi connectivity index (χ3n) is 3.92. The lowest BCUT2D eigenvalue weighted by atomic mass is 10.1. The van der Waals surface area contributed by atoms with Crippen LogP contribution in [0.1, 0.15) is 23.2 Å². The zero-order valence-electron chi connectivity index (χ0n) is 13.5. The fourth-order valence-electron chi connectivity index (χ4n) is 2.59. The van der Waals surface area contributed by atoms with Crippen molar-refractivity contribution in [2.24, 2.45) is 0 Å². The van der Waals surface area contributed by atoms with E-state index in [1.807, 2.05) is 0 Å². The van der Waals surface area contributed by atoms with Gasteiger partial charge in [-0.1, -0.05) is 28.1 Å². The maximum atomic E-state index is 13.8. The maximum Gasteiger partial charge on any atom is 0.254 e. The molecule has 0 aromatic heterocycles. The van der Waals surface area contributed by atoms with Crippen LogP contribution >= 0.6 is 15.9 Å². The monoisotopic (exact) mass is 419 g/mol. The molecular formula is C18H15BrFN3O3. The molecule has 0 bridgehead atoms. The first kappa shape index (κ1) is 18.1. The molecule has 2 aromatic carbocycles. The molecule has 0 spiro atoms. The summed E-state index contributed by atoms with van der Waals surface area (Å²) in [6, 6.07) is 10.1. The number of hydrogen-bond donors (Lipinski definition) is 3. The molecule has 0 fully saturated rings. The second-order valence-corrected chi connectivity index (χ2v) is 6.69. The Bertz CT molecular complexity index is 888. The minimum absolute atomic E-state index is 0.0514. The summed E-state index contributed by atoms with van der Waals surface area (Å²) in [6.45, 7) is 0. The van der Waals surface area contributed by atoms with Gasteiger partial charge in [-0.2, -0.15) is 0 Å². The van der Waals surface area contributed by atoms with Gasteiger partial charge in [0.25, 0.3) is 5.91 Å². The predicted octanol–water partition coefficient (Wildman–Crippen LogP) is 3.06. The Labute approximate surface area is 157 Å². The molecule has 1 unspecified atom stereocenters. The number of hydrogen-bond acceptors (Lipinski definition) is 3. The first-order valence-corrected chi connectivity index (χ1v) is 8.69. The van der Waals surface area contributed by atoms with Crippen molar-refractivity contribution in [3.8, 4) is 0 Å². The lowest BCUT2D eigenvalue weighted by molar-refractivity contribution is -0.118. The molecule has 3 N–H and O–H groups in total. The quantitative estimate of drug-likeness (QED) is 0.711. The van der Waals surface area contributed by atoms with Gasteiger partial charge < -0.3 is 16.0 Å². The number of fused-ring (bicyclic) bond motifs is 1. The number of para-hydroxylation sites is 1. The standard InChI is InChI=1S/C18H15BrFN3O3/c19-10-5-6-14(12(20)9-10)21-16(24)8-7-15-18(26)22-13-4-2-1-3-11(13)17(25)23-15/h1-6,9,15H,7-8H2,(H,21,24)(H,22,26)(H,23,25). The Balaban J connectivity index is 1.61. The molecule has 1 atom stereocenters. The van der Waals surface area contributed by atoms with Gasteiger partial charge >= 0.3 is 0 Å². The molecule has 8 heteroatoms. The average Bonchev–Trinajstić information content (AvgIpc) is 2.72. The number of carbonyl (C=O) groups is 3. The summed E-state index contributed by atoms with van der Waals surface area (Å²) >= 11 is 3.14. The van der Waals surface area contributed by atoms with Crippen LogP contribution in [-0.4, -0.2) is 23.8 Å². The van der Waals surface area contributed by atoms with Crippen LogP contribution in [0.5, 0.6) is 0 Å². The molecule has 26 heavy (non-hydrogen) atoms. The third-order valence-corrected chi connectivity index (χ3v) is 4.41. The Hall–Kier alpha value is -2.74. The zero-order chi connectivity index (χ0) is 18.7. The van der Waals surface area contributed by atoms with E-state index in [1.54, 1.807) is 30.3 Å². The van der Waals surface area contributed by atoms with Crippen LogP contribution in [0.2, 0.25) is 0 Å². The Morgan fingerprint density at radius 2 is 1.96 bits per heavy atom. The molecular weight excluding hydrogens is 405 g/mol. The fourth-order valence-corrected chi connectivity index (χ4v) is 2.93. The molecule has 3 amide bonds. The third kappa shape index (κ3) is 4.08. The summed E-state index contributed by atoms with van der Waals surface area (Å²) in [5.41, 5.74) is 0.851. The molecule has 1 aliphatic rings. The van der Waals surface area contributed by atoms with E-state index < -0.39 is 23.7 Å². The lowest BCUT2D eigenvalue weighted by Gasteiger charge is -2.14. The van der Waals surface area contributed by atoms with Gasteiger partial charge in [0.15, 0.2) is 0 Å². The normalized spacial score (nSPS) is 16.2. The SMILES string of the molecule is O=C(CCC1NC(=O)c2ccccc2NC1=O)Nc1ccc(Br)cc1F. The minimum atomic E-state index is -0.851. The first-order valence-electron chi connectivity index (χ1n) is 7.89. The summed E-state index contributed by atoms with van der Waals surface area (Å²) in [6.07, 6.45) is 0.0414. The van der Waals surface area contributed by atoms with Gasteiger partial charge in [-0.25, -0.2) is 4.39 Å². The lowest BCUT2D eigenvalue weighted by Crippen LogP contribution is -2.41. The van der Waals surface area contributed by atoms with Crippen LogP contribution in [0.3, 0.4) is 0 Å². The Kier molecular flexibility index (Phi) is 5.32. The van der Waals surface area contributed by atoms with E-state index in [0.29, 0.717) is 15.7 Å². The van der Waals surface area contributed by atoms with E-state index in [9.17, 15) is 18.8 Å². The molecule has 0 saturated carbocycles. The van der Waals surface area contributed by atoms with Crippen LogP contribution in [0, 0.1) is 5.82 Å². The molecule has 134 valence electrons. The van der Waals surface area contributed by atoms with Gasteiger partial charge in [0.05, 0.1) is 16.9 Å². The predicted molar refractivity (Wildman–Crippen MR) is 98.3 cm³/mol. The fraction of sp³-hybridized carbons (Fsp3) is 0.167. The van der Waals surface area contributed by atoms with Crippen molar-refractivity contribution in [3.05, 3.63) is 58.3 Å². The number of benzene rings is 2. The van der Waals surface area contributed by atoms with Crippen molar-refractivity contribution in [3.63, 3.8) is 0 Å². The van der Waals surface area contributed by atoms with E-state index in [4.69, 9.17) is 0 Å². The molecule has 1 heterocycles. The van der Waals surface area contributed by atoms with Gasteiger partial charge in [0.2, 0.25) is 11.8 Å². The highest BCUT2D eigenvalue weighted by Crippen LogP contribution is 2.21. The summed E-state index contributed by atoms with van der Waals surface area (Å²) in [5.74, 6) is -1.80. The van der Waals surface area contributed by atoms with E-state index >= 15 is 0 Å². The maximum absolute atomic E-state index is 13.8. The van der Waals surface area contributed by atoms with Gasteiger partial charge in [0.1, 0.15) is 11.9 Å². The zero-order valence-corrected chi connectivity index (χ0v) is 15.1. The number of rotatable bonds is 4. The minimum Gasteiger partial charge on any atom is -0.340 e. The molecule has 1 aliphatic heterocycles. The number of halogens is 2. The number of carbonyl (C=O) groups excluding carboxylic acids is 3. The second kappa shape index (κ2) is 7.65. The van der Waals surface area contributed by atoms with Gasteiger partial charge in [-0.3, -0.25) is 14.4 Å². The summed E-state index contributed by atoms with van der Waals surface area (Å²) < 4.78 is 14.3. The number of anilines is 2. The van der Waals surface area contributed by atoms with Crippen LogP contribution in [-0.2, 0) is 9.59 Å². The number of amides is 3. The molecule has 0 aliphatic carbocycles. The van der Waals surface area contributed by atoms with E-state index in [1.165, 1.54) is 12.1 Å². The summed E-state index contributed by atoms with van der Waals surface area (Å²) in [5, 5.41) is 7.74. The topological polar surface area (TPSA) is 87.3 Å². The molecule has 0 saturated heterocycles. The van der Waals surface area contributed by atoms with Gasteiger partial charge in [-0.05, 0) is 36.8 Å². The van der Waals surface area contributed by atoms with E-state index in [-0.39, 0.29) is 24.4 Å². The van der Waals surface area contributed by atoms with Crippen molar-refractivity contribution in [2.45, 2.75) is 18.9 Å². The van der Waals surface area contributed by atoms with Crippen molar-refractivity contribution in [1.82, 2.24) is 5.32 Å². The largest absolute Gasteiger partial charge is 0.340 e. The molecule has 2 aromatic rings. The summed E-state index contributed by atoms with van der Waals surface area (Å²) in [4.78, 5) is 36.5. The Morgan fingerprint density at radius 3 is 2.73 bits per heavy atom. The molecule has 3 rings (SSSR count). The van der Waals surface area contributed by atoms with Crippen LogP contribution in [0.25, 0.3) is 0 Å². The van der Waals surface area contributed by atoms with Crippen molar-refractivity contribution in [2.75, 3.05) is 10.6 Å². The summed E-state index contributed by atoms with van der Waals surface area (Å²) in [7, 11) is 0. The molecule has 6 nitrogen and oxygen atoms in total. The highest BCUT2D eigenvalue weighted by molar-refractivity contribution is 9.10. The van der Waals surface area contributed by atoms with Crippen molar-refractivity contribution in [1.29, 1.82) is 0 Å². The van der Waals surface area contributed by atoms with Crippen LogP contribution < -0.4 is 16.0 Å². The van der Waals surface area contributed by atoms with Crippen molar-refractivity contribution < 1.29 is 18.8 Å². The number of nitrogens with one attached hydrogen (secondary N) is 3. The van der Waals surface area contributed by atoms with Crippen molar-refractivity contribution >= 4 is 45.0 Å². The Morgan fingerprint density at radius 1 is 1.19 bits per heavy atom. The van der Waals surface area contributed by atoms with Crippen LogP contribution in [0.4, 0.5) is 15.8 Å².